The highest BCUT2D eigenvalue weighted by Gasteiger charge is 2.46. The van der Waals surface area contributed by atoms with Crippen LogP contribution in [0.25, 0.3) is 0 Å². The van der Waals surface area contributed by atoms with Gasteiger partial charge in [0.1, 0.15) is 0 Å². The summed E-state index contributed by atoms with van der Waals surface area (Å²) in [4.78, 5) is 37.9. The van der Waals surface area contributed by atoms with Crippen molar-refractivity contribution in [1.29, 1.82) is 0 Å². The van der Waals surface area contributed by atoms with Gasteiger partial charge in [-0.25, -0.2) is 0 Å². The number of nitrogens with zero attached hydrogens (tertiary/aromatic N) is 1. The summed E-state index contributed by atoms with van der Waals surface area (Å²) in [5.41, 5.74) is 0. The van der Waals surface area contributed by atoms with Crippen LogP contribution in [0.3, 0.4) is 0 Å². The van der Waals surface area contributed by atoms with Crippen molar-refractivity contribution in [3.8, 4) is 11.5 Å². The Hall–Kier alpha value is -2.63. The molecule has 1 aromatic rings. The molecule has 0 unspecified atom stereocenters. The first kappa shape index (κ1) is 16.2. The predicted molar refractivity (Wildman–Crippen MR) is 85.3 cm³/mol. The Morgan fingerprint density at radius 1 is 1.08 bits per heavy atom. The number of carbonyl (C=O) groups is 3. The summed E-state index contributed by atoms with van der Waals surface area (Å²) in [7, 11) is 1.49. The molecule has 1 aliphatic carbocycles. The number of fused-ring (bicyclic) bond motifs is 1. The van der Waals surface area contributed by atoms with Gasteiger partial charge in [0.15, 0.2) is 11.5 Å². The van der Waals surface area contributed by atoms with Crippen LogP contribution in [0.4, 0.5) is 0 Å². The fourth-order valence-electron chi connectivity index (χ4n) is 3.17. The van der Waals surface area contributed by atoms with E-state index in [2.05, 4.69) is 0 Å². The molecule has 0 saturated carbocycles. The quantitative estimate of drug-likeness (QED) is 0.357. The average molecular weight is 329 g/mol. The number of allylic oxidation sites excluding steroid dienone is 2. The summed E-state index contributed by atoms with van der Waals surface area (Å²) in [5, 5.41) is 0. The molecule has 2 atom stereocenters. The van der Waals surface area contributed by atoms with Crippen LogP contribution in [0, 0.1) is 11.8 Å². The zero-order valence-electron chi connectivity index (χ0n) is 13.4. The lowest BCUT2D eigenvalue weighted by Crippen LogP contribution is -2.33. The topological polar surface area (TPSA) is 72.9 Å². The number of hydrogen-bond acceptors (Lipinski definition) is 5. The van der Waals surface area contributed by atoms with Crippen LogP contribution in [-0.4, -0.2) is 36.3 Å². The zero-order chi connectivity index (χ0) is 17.1. The molecule has 0 aromatic heterocycles. The van der Waals surface area contributed by atoms with Crippen molar-refractivity contribution in [2.45, 2.75) is 19.3 Å². The van der Waals surface area contributed by atoms with Gasteiger partial charge in [0.25, 0.3) is 0 Å². The van der Waals surface area contributed by atoms with Gasteiger partial charge in [0.2, 0.25) is 11.8 Å². The Morgan fingerprint density at radius 2 is 1.67 bits per heavy atom. The lowest BCUT2D eigenvalue weighted by atomic mass is 9.85. The number of benzene rings is 1. The Kier molecular flexibility index (Phi) is 4.64. The van der Waals surface area contributed by atoms with Crippen LogP contribution in [0.15, 0.2) is 36.4 Å². The molecule has 2 aliphatic rings. The number of para-hydroxylation sites is 2. The lowest BCUT2D eigenvalue weighted by Gasteiger charge is -2.14. The molecule has 6 heteroatoms. The fraction of sp³-hybridized carbons (Fsp3) is 0.389. The molecule has 24 heavy (non-hydrogen) atoms. The molecule has 1 fully saturated rings. The van der Waals surface area contributed by atoms with Gasteiger partial charge in [0, 0.05) is 6.54 Å². The summed E-state index contributed by atoms with van der Waals surface area (Å²) >= 11 is 0. The number of amides is 2. The first-order valence-electron chi connectivity index (χ1n) is 7.95. The van der Waals surface area contributed by atoms with Crippen LogP contribution < -0.4 is 9.47 Å². The molecule has 0 N–H and O–H groups in total. The van der Waals surface area contributed by atoms with Crippen LogP contribution in [0.5, 0.6) is 11.5 Å². The van der Waals surface area contributed by atoms with Crippen LogP contribution >= 0.6 is 0 Å². The highest BCUT2D eigenvalue weighted by atomic mass is 16.6. The van der Waals surface area contributed by atoms with E-state index in [-0.39, 0.29) is 36.6 Å². The normalized spacial score (nSPS) is 22.5. The van der Waals surface area contributed by atoms with Gasteiger partial charge in [-0.05, 0) is 25.0 Å². The zero-order valence-corrected chi connectivity index (χ0v) is 13.4. The van der Waals surface area contributed by atoms with E-state index < -0.39 is 5.97 Å². The molecule has 6 nitrogen and oxygen atoms in total. The standard InChI is InChI=1S/C18H19NO5/c1-23-14-8-4-5-9-15(14)24-16(20)10-11-19-17(21)12-6-2-3-7-13(12)18(19)22/h2-5,8-9,12-13H,6-7,10-11H2,1H3/t12-,13+. The monoisotopic (exact) mass is 329 g/mol. The smallest absolute Gasteiger partial charge is 0.313 e. The number of methoxy groups -OCH3 is 1. The number of carbonyl (C=O) groups excluding carboxylic acids is 3. The van der Waals surface area contributed by atoms with Crippen molar-refractivity contribution < 1.29 is 23.9 Å². The van der Waals surface area contributed by atoms with Crippen LogP contribution in [-0.2, 0) is 14.4 Å². The van der Waals surface area contributed by atoms with E-state index in [0.29, 0.717) is 24.3 Å². The van der Waals surface area contributed by atoms with E-state index in [9.17, 15) is 14.4 Å². The number of ether oxygens (including phenoxy) is 2. The van der Waals surface area contributed by atoms with Crippen molar-refractivity contribution >= 4 is 17.8 Å². The van der Waals surface area contributed by atoms with Gasteiger partial charge in [-0.2, -0.15) is 0 Å². The molecule has 1 aromatic carbocycles. The average Bonchev–Trinajstić information content (AvgIpc) is 2.85. The van der Waals surface area contributed by atoms with Crippen molar-refractivity contribution in [3.63, 3.8) is 0 Å². The number of hydrogen-bond donors (Lipinski definition) is 0. The third-order valence-corrected chi connectivity index (χ3v) is 4.43. The summed E-state index contributed by atoms with van der Waals surface area (Å²) in [6, 6.07) is 6.82. The van der Waals surface area contributed by atoms with Crippen LogP contribution in [0.1, 0.15) is 19.3 Å². The highest BCUT2D eigenvalue weighted by molar-refractivity contribution is 6.05. The van der Waals surface area contributed by atoms with Crippen molar-refractivity contribution in [3.05, 3.63) is 36.4 Å². The maximum atomic E-state index is 12.3. The number of imide groups is 1. The van der Waals surface area contributed by atoms with Crippen molar-refractivity contribution in [1.82, 2.24) is 4.90 Å². The summed E-state index contributed by atoms with van der Waals surface area (Å²) in [5.74, 6) is -0.634. The number of esters is 1. The van der Waals surface area contributed by atoms with Crippen molar-refractivity contribution in [2.75, 3.05) is 13.7 Å². The Morgan fingerprint density at radius 3 is 2.25 bits per heavy atom. The molecule has 3 rings (SSSR count). The van der Waals surface area contributed by atoms with E-state index in [0.717, 1.165) is 0 Å². The molecule has 0 radical (unpaired) electrons. The largest absolute Gasteiger partial charge is 0.493 e. The minimum atomic E-state index is -0.506. The van der Waals surface area contributed by atoms with Gasteiger partial charge in [0.05, 0.1) is 25.4 Å². The minimum Gasteiger partial charge on any atom is -0.493 e. The molecule has 2 amide bonds. The lowest BCUT2D eigenvalue weighted by molar-refractivity contribution is -0.141. The summed E-state index contributed by atoms with van der Waals surface area (Å²) < 4.78 is 10.4. The van der Waals surface area contributed by atoms with Gasteiger partial charge >= 0.3 is 5.97 Å². The van der Waals surface area contributed by atoms with E-state index in [1.807, 2.05) is 12.2 Å². The van der Waals surface area contributed by atoms with E-state index in [1.165, 1.54) is 12.0 Å². The maximum Gasteiger partial charge on any atom is 0.313 e. The number of likely N-dealkylation sites (tertiary alicyclic amines) is 1. The van der Waals surface area contributed by atoms with E-state index in [1.54, 1.807) is 24.3 Å². The van der Waals surface area contributed by atoms with Gasteiger partial charge in [-0.15, -0.1) is 0 Å². The molecule has 126 valence electrons. The minimum absolute atomic E-state index is 0.0393. The highest BCUT2D eigenvalue weighted by Crippen LogP contribution is 2.35. The van der Waals surface area contributed by atoms with E-state index in [4.69, 9.17) is 9.47 Å². The second kappa shape index (κ2) is 6.86. The molecular formula is C18H19NO5. The molecular weight excluding hydrogens is 310 g/mol. The van der Waals surface area contributed by atoms with Gasteiger partial charge in [-0.3, -0.25) is 19.3 Å². The molecule has 0 bridgehead atoms. The van der Waals surface area contributed by atoms with Crippen molar-refractivity contribution in [2.24, 2.45) is 11.8 Å². The number of rotatable bonds is 5. The second-order valence-corrected chi connectivity index (χ2v) is 5.86. The SMILES string of the molecule is COc1ccccc1OC(=O)CCN1C(=O)[C@H]2CC=CC[C@H]2C1=O. The summed E-state index contributed by atoms with van der Waals surface area (Å²) in [6.45, 7) is 0.0542. The summed E-state index contributed by atoms with van der Waals surface area (Å²) in [6.07, 6.45) is 5.02. The maximum absolute atomic E-state index is 12.3. The Bertz CT molecular complexity index is 670. The van der Waals surface area contributed by atoms with Gasteiger partial charge < -0.3 is 9.47 Å². The molecule has 0 spiro atoms. The van der Waals surface area contributed by atoms with Gasteiger partial charge in [-0.1, -0.05) is 24.3 Å². The first-order chi connectivity index (χ1) is 11.6. The molecule has 1 aliphatic heterocycles. The van der Waals surface area contributed by atoms with Crippen LogP contribution in [0.2, 0.25) is 0 Å². The third kappa shape index (κ3) is 3.04. The second-order valence-electron chi connectivity index (χ2n) is 5.86. The molecule has 1 saturated heterocycles. The molecule has 1 heterocycles. The Balaban J connectivity index is 1.58. The van der Waals surface area contributed by atoms with E-state index >= 15 is 0 Å². The third-order valence-electron chi connectivity index (χ3n) is 4.43. The first-order valence-corrected chi connectivity index (χ1v) is 7.95. The predicted octanol–water partition coefficient (Wildman–Crippen LogP) is 1.94. The fourth-order valence-corrected chi connectivity index (χ4v) is 3.17. The Labute approximate surface area is 140 Å².